The van der Waals surface area contributed by atoms with Gasteiger partial charge in [-0.05, 0) is 56.2 Å². The molecule has 0 unspecified atom stereocenters. The molecule has 1 amide bonds. The van der Waals surface area contributed by atoms with Crippen LogP contribution in [0.3, 0.4) is 0 Å². The van der Waals surface area contributed by atoms with E-state index in [1.54, 1.807) is 12.1 Å². The lowest BCUT2D eigenvalue weighted by Crippen LogP contribution is -2.20. The van der Waals surface area contributed by atoms with Gasteiger partial charge in [0.25, 0.3) is 5.91 Å². The molecule has 2 N–H and O–H groups in total. The van der Waals surface area contributed by atoms with E-state index >= 15 is 0 Å². The van der Waals surface area contributed by atoms with Gasteiger partial charge in [0.2, 0.25) is 0 Å². The van der Waals surface area contributed by atoms with Crippen molar-refractivity contribution in [3.8, 4) is 5.75 Å². The van der Waals surface area contributed by atoms with E-state index < -0.39 is 0 Å². The number of aryl methyl sites for hydroxylation is 3. The van der Waals surface area contributed by atoms with Gasteiger partial charge in [0.1, 0.15) is 5.75 Å². The normalized spacial score (nSPS) is 10.8. The summed E-state index contributed by atoms with van der Waals surface area (Å²) in [7, 11) is 0. The number of aromatic nitrogens is 3. The summed E-state index contributed by atoms with van der Waals surface area (Å²) in [6.45, 7) is 5.57. The molecule has 0 radical (unpaired) electrons. The minimum Gasteiger partial charge on any atom is -0.484 e. The average Bonchev–Trinajstić information content (AvgIpc) is 2.92. The number of pyridine rings is 1. The first-order chi connectivity index (χ1) is 11.4. The van der Waals surface area contributed by atoms with Crippen molar-refractivity contribution < 1.29 is 9.53 Å². The zero-order valence-electron chi connectivity index (χ0n) is 13.6. The number of nitrogens with zero attached hydrogens (tertiary/aromatic N) is 2. The molecule has 0 saturated carbocycles. The molecular formula is C17H17ClN4O2. The van der Waals surface area contributed by atoms with Crippen LogP contribution in [-0.2, 0) is 4.79 Å². The van der Waals surface area contributed by atoms with Crippen molar-refractivity contribution in [1.82, 2.24) is 15.2 Å². The summed E-state index contributed by atoms with van der Waals surface area (Å²) >= 11 is 6.12. The molecule has 124 valence electrons. The summed E-state index contributed by atoms with van der Waals surface area (Å²) in [4.78, 5) is 16.4. The molecule has 3 aromatic rings. The van der Waals surface area contributed by atoms with Gasteiger partial charge in [-0.25, -0.2) is 4.98 Å². The van der Waals surface area contributed by atoms with Crippen LogP contribution in [0.1, 0.15) is 16.8 Å². The number of carbonyl (C=O) groups is 1. The minimum atomic E-state index is -0.297. The Labute approximate surface area is 144 Å². The molecule has 0 aliphatic carbocycles. The average molecular weight is 345 g/mol. The fourth-order valence-electron chi connectivity index (χ4n) is 2.40. The van der Waals surface area contributed by atoms with E-state index in [-0.39, 0.29) is 12.5 Å². The number of nitrogens with one attached hydrogen (secondary N) is 2. The number of fused-ring (bicyclic) bond motifs is 1. The Hall–Kier alpha value is -2.60. The fourth-order valence-corrected chi connectivity index (χ4v) is 2.51. The van der Waals surface area contributed by atoms with Gasteiger partial charge in [-0.2, -0.15) is 5.10 Å². The maximum Gasteiger partial charge on any atom is 0.263 e. The topological polar surface area (TPSA) is 79.9 Å². The highest BCUT2D eigenvalue weighted by atomic mass is 35.5. The quantitative estimate of drug-likeness (QED) is 0.758. The lowest BCUT2D eigenvalue weighted by molar-refractivity contribution is -0.118. The number of hydrogen-bond acceptors (Lipinski definition) is 4. The summed E-state index contributed by atoms with van der Waals surface area (Å²) in [6, 6.07) is 7.34. The monoisotopic (exact) mass is 344 g/mol. The van der Waals surface area contributed by atoms with Gasteiger partial charge < -0.3 is 10.1 Å². The first kappa shape index (κ1) is 16.3. The number of H-pyrrole nitrogens is 1. The number of amides is 1. The van der Waals surface area contributed by atoms with Gasteiger partial charge in [0.05, 0.1) is 5.39 Å². The second kappa shape index (κ2) is 6.49. The smallest absolute Gasteiger partial charge is 0.263 e. The molecule has 0 bridgehead atoms. The van der Waals surface area contributed by atoms with Gasteiger partial charge in [-0.3, -0.25) is 9.89 Å². The summed E-state index contributed by atoms with van der Waals surface area (Å²) < 4.78 is 5.54. The Morgan fingerprint density at radius 2 is 1.96 bits per heavy atom. The molecule has 0 fully saturated rings. The number of rotatable bonds is 4. The molecular weight excluding hydrogens is 328 g/mol. The van der Waals surface area contributed by atoms with Crippen LogP contribution in [0.15, 0.2) is 24.3 Å². The molecule has 0 atom stereocenters. The molecule has 2 aromatic heterocycles. The zero-order chi connectivity index (χ0) is 17.3. The standard InChI is InChI=1S/C17H17ClN4O2/c1-9-6-12(7-10(2)15(9)18)24-8-14(23)20-17-13-5-4-11(3)19-16(13)21-22-17/h4-7H,8H2,1-3H3,(H2,19,20,21,22,23). The van der Waals surface area contributed by atoms with E-state index in [4.69, 9.17) is 16.3 Å². The number of benzene rings is 1. The van der Waals surface area contributed by atoms with Crippen molar-refractivity contribution >= 4 is 34.4 Å². The van der Waals surface area contributed by atoms with Crippen molar-refractivity contribution in [3.63, 3.8) is 0 Å². The van der Waals surface area contributed by atoms with Crippen LogP contribution in [0.2, 0.25) is 5.02 Å². The summed E-state index contributed by atoms with van der Waals surface area (Å²) in [5.74, 6) is 0.748. The lowest BCUT2D eigenvalue weighted by Gasteiger charge is -2.09. The van der Waals surface area contributed by atoms with Crippen LogP contribution in [0.5, 0.6) is 5.75 Å². The van der Waals surface area contributed by atoms with Crippen molar-refractivity contribution in [3.05, 3.63) is 46.1 Å². The SMILES string of the molecule is Cc1ccc2c(NC(=O)COc3cc(C)c(Cl)c(C)c3)n[nH]c2n1. The van der Waals surface area contributed by atoms with Crippen molar-refractivity contribution in [2.24, 2.45) is 0 Å². The number of ether oxygens (including phenoxy) is 1. The van der Waals surface area contributed by atoms with Crippen molar-refractivity contribution in [1.29, 1.82) is 0 Å². The molecule has 1 aromatic carbocycles. The number of hydrogen-bond donors (Lipinski definition) is 2. The third-order valence-electron chi connectivity index (χ3n) is 3.60. The van der Waals surface area contributed by atoms with Crippen LogP contribution >= 0.6 is 11.6 Å². The minimum absolute atomic E-state index is 0.117. The van der Waals surface area contributed by atoms with Crippen LogP contribution in [0.25, 0.3) is 11.0 Å². The number of carbonyl (C=O) groups excluding carboxylic acids is 1. The van der Waals surface area contributed by atoms with Crippen molar-refractivity contribution in [2.45, 2.75) is 20.8 Å². The Balaban J connectivity index is 1.67. The van der Waals surface area contributed by atoms with Gasteiger partial charge >= 0.3 is 0 Å². The molecule has 6 nitrogen and oxygen atoms in total. The van der Waals surface area contributed by atoms with Gasteiger partial charge in [-0.1, -0.05) is 11.6 Å². The maximum absolute atomic E-state index is 12.1. The third kappa shape index (κ3) is 3.33. The highest BCUT2D eigenvalue weighted by molar-refractivity contribution is 6.32. The molecule has 24 heavy (non-hydrogen) atoms. The fraction of sp³-hybridized carbons (Fsp3) is 0.235. The molecule has 7 heteroatoms. The summed E-state index contributed by atoms with van der Waals surface area (Å²) in [6.07, 6.45) is 0. The number of anilines is 1. The Morgan fingerprint density at radius 3 is 2.67 bits per heavy atom. The molecule has 2 heterocycles. The van der Waals surface area contributed by atoms with E-state index in [0.717, 1.165) is 22.2 Å². The predicted molar refractivity (Wildman–Crippen MR) is 93.7 cm³/mol. The van der Waals surface area contributed by atoms with Crippen LogP contribution < -0.4 is 10.1 Å². The van der Waals surface area contributed by atoms with E-state index in [9.17, 15) is 4.79 Å². The Morgan fingerprint density at radius 1 is 1.25 bits per heavy atom. The molecule has 0 aliphatic rings. The lowest BCUT2D eigenvalue weighted by atomic mass is 10.1. The van der Waals surface area contributed by atoms with Crippen LogP contribution in [-0.4, -0.2) is 27.7 Å². The second-order valence-corrected chi connectivity index (χ2v) is 6.01. The Kier molecular flexibility index (Phi) is 4.40. The number of halogens is 1. The highest BCUT2D eigenvalue weighted by Gasteiger charge is 2.11. The van der Waals surface area contributed by atoms with Crippen LogP contribution in [0, 0.1) is 20.8 Å². The molecule has 3 rings (SSSR count). The third-order valence-corrected chi connectivity index (χ3v) is 4.20. The summed E-state index contributed by atoms with van der Waals surface area (Å²) in [5, 5.41) is 11.1. The first-order valence-electron chi connectivity index (χ1n) is 7.45. The summed E-state index contributed by atoms with van der Waals surface area (Å²) in [5.41, 5.74) is 3.33. The van der Waals surface area contributed by atoms with Gasteiger partial charge in [0, 0.05) is 10.7 Å². The highest BCUT2D eigenvalue weighted by Crippen LogP contribution is 2.26. The van der Waals surface area contributed by atoms with Gasteiger partial charge in [0.15, 0.2) is 18.1 Å². The maximum atomic E-state index is 12.1. The second-order valence-electron chi connectivity index (χ2n) is 5.63. The number of aromatic amines is 1. The molecule has 0 aliphatic heterocycles. The largest absolute Gasteiger partial charge is 0.484 e. The Bertz CT molecular complexity index is 897. The van der Waals surface area contributed by atoms with Gasteiger partial charge in [-0.15, -0.1) is 0 Å². The van der Waals surface area contributed by atoms with E-state index in [2.05, 4.69) is 20.5 Å². The van der Waals surface area contributed by atoms with E-state index in [1.165, 1.54) is 0 Å². The van der Waals surface area contributed by atoms with E-state index in [1.807, 2.05) is 32.9 Å². The predicted octanol–water partition coefficient (Wildman–Crippen LogP) is 3.55. The molecule has 0 spiro atoms. The molecule has 0 saturated heterocycles. The van der Waals surface area contributed by atoms with Crippen LogP contribution in [0.4, 0.5) is 5.82 Å². The van der Waals surface area contributed by atoms with Crippen molar-refractivity contribution in [2.75, 3.05) is 11.9 Å². The first-order valence-corrected chi connectivity index (χ1v) is 7.83. The zero-order valence-corrected chi connectivity index (χ0v) is 14.4. The van der Waals surface area contributed by atoms with E-state index in [0.29, 0.717) is 22.2 Å².